The van der Waals surface area contributed by atoms with Gasteiger partial charge in [0.1, 0.15) is 13.2 Å². The summed E-state index contributed by atoms with van der Waals surface area (Å²) in [7, 11) is 1.32. The second kappa shape index (κ2) is 56.7. The molecule has 74 heavy (non-hydrogen) atoms. The standard InChI is InChI=1S/C65H129N2O6P/c1-6-8-10-12-14-16-18-20-22-24-26-28-30-32-33-35-37-39-41-43-45-47-49-51-53-55-57-59-65(69)66-63(62-73-74(70,71)72-61-60-67(3,4)5)64(68)58-56-54-52-50-48-46-44-42-40-38-36-34-31-29-27-25-23-21-19-17-15-13-11-9-7-2/h26,28,32-33,63-64,68H,6-25,27,29-31,34-62H2,1-5H3,(H-,66,69,70,71)/b28-26-,33-32-. The highest BCUT2D eigenvalue weighted by atomic mass is 31.2. The molecule has 440 valence electrons. The molecule has 0 heterocycles. The Bertz CT molecular complexity index is 1260. The maximum Gasteiger partial charge on any atom is 0.268 e. The Morgan fingerprint density at radius 2 is 0.784 bits per heavy atom. The topological polar surface area (TPSA) is 108 Å². The summed E-state index contributed by atoms with van der Waals surface area (Å²) in [6, 6.07) is -0.802. The van der Waals surface area contributed by atoms with E-state index in [9.17, 15) is 19.4 Å². The molecule has 0 aromatic rings. The molecule has 2 N–H and O–H groups in total. The Morgan fingerprint density at radius 1 is 0.473 bits per heavy atom. The third-order valence-corrected chi connectivity index (χ3v) is 16.2. The number of hydrogen-bond acceptors (Lipinski definition) is 6. The highest BCUT2D eigenvalue weighted by Gasteiger charge is 2.24. The number of aliphatic hydroxyl groups excluding tert-OH is 1. The van der Waals surface area contributed by atoms with Crippen LogP contribution in [0.5, 0.6) is 0 Å². The van der Waals surface area contributed by atoms with Gasteiger partial charge in [-0.2, -0.15) is 0 Å². The quantitative estimate of drug-likeness (QED) is 0.0272. The Hall–Kier alpha value is -1.02. The SMILES string of the molecule is CCCCCCCCCCC/C=C\C/C=C\CCCCCCCCCCCCCC(=O)NC(COP(=O)([O-])OCC[N+](C)(C)C)C(O)CCCCCCCCCCCCCCCCCCCCCCCCCCC. The van der Waals surface area contributed by atoms with Gasteiger partial charge in [-0.05, 0) is 44.9 Å². The smallest absolute Gasteiger partial charge is 0.268 e. The number of quaternary nitrogens is 1. The molecule has 3 atom stereocenters. The van der Waals surface area contributed by atoms with Gasteiger partial charge in [-0.1, -0.05) is 308 Å². The van der Waals surface area contributed by atoms with Crippen LogP contribution in [0, 0.1) is 0 Å². The molecule has 0 aromatic heterocycles. The van der Waals surface area contributed by atoms with E-state index >= 15 is 0 Å². The predicted molar refractivity (Wildman–Crippen MR) is 321 cm³/mol. The second-order valence-electron chi connectivity index (χ2n) is 23.8. The monoisotopic (exact) mass is 1060 g/mol. The number of unbranched alkanes of at least 4 members (excludes halogenated alkanes) is 44. The molecule has 0 aliphatic carbocycles. The van der Waals surface area contributed by atoms with Gasteiger partial charge in [0, 0.05) is 6.42 Å². The summed E-state index contributed by atoms with van der Waals surface area (Å²) in [5.74, 6) is -0.161. The van der Waals surface area contributed by atoms with Crippen molar-refractivity contribution in [2.24, 2.45) is 0 Å². The van der Waals surface area contributed by atoms with Crippen molar-refractivity contribution in [2.45, 2.75) is 347 Å². The van der Waals surface area contributed by atoms with Crippen LogP contribution in [0.3, 0.4) is 0 Å². The van der Waals surface area contributed by atoms with E-state index in [-0.39, 0.29) is 19.1 Å². The van der Waals surface area contributed by atoms with Crippen molar-refractivity contribution in [3.8, 4) is 0 Å². The second-order valence-corrected chi connectivity index (χ2v) is 25.2. The lowest BCUT2D eigenvalue weighted by molar-refractivity contribution is -0.870. The lowest BCUT2D eigenvalue weighted by atomic mass is 10.0. The van der Waals surface area contributed by atoms with Crippen LogP contribution in [0.25, 0.3) is 0 Å². The average Bonchev–Trinajstić information content (AvgIpc) is 3.36. The van der Waals surface area contributed by atoms with Crippen LogP contribution in [0.15, 0.2) is 24.3 Å². The maximum absolute atomic E-state index is 13.0. The van der Waals surface area contributed by atoms with Gasteiger partial charge in [0.2, 0.25) is 5.91 Å². The fourth-order valence-electron chi connectivity index (χ4n) is 10.1. The zero-order valence-corrected chi connectivity index (χ0v) is 51.2. The van der Waals surface area contributed by atoms with E-state index in [2.05, 4.69) is 43.5 Å². The molecule has 0 rings (SSSR count). The molecule has 0 saturated carbocycles. The van der Waals surface area contributed by atoms with Crippen LogP contribution < -0.4 is 10.2 Å². The van der Waals surface area contributed by atoms with Crippen molar-refractivity contribution < 1.29 is 32.9 Å². The summed E-state index contributed by atoms with van der Waals surface area (Å²) in [6.45, 7) is 4.77. The van der Waals surface area contributed by atoms with E-state index in [1.165, 1.54) is 263 Å². The number of aliphatic hydroxyl groups is 1. The van der Waals surface area contributed by atoms with Crippen molar-refractivity contribution in [1.29, 1.82) is 0 Å². The van der Waals surface area contributed by atoms with Crippen LogP contribution in [0.2, 0.25) is 0 Å². The first kappa shape index (κ1) is 73.0. The minimum atomic E-state index is -4.58. The predicted octanol–water partition coefficient (Wildman–Crippen LogP) is 19.7. The number of phosphoric acid groups is 1. The minimum absolute atomic E-state index is 0.0134. The highest BCUT2D eigenvalue weighted by Crippen LogP contribution is 2.38. The van der Waals surface area contributed by atoms with Gasteiger partial charge in [-0.15, -0.1) is 0 Å². The van der Waals surface area contributed by atoms with Crippen molar-refractivity contribution in [1.82, 2.24) is 5.32 Å². The lowest BCUT2D eigenvalue weighted by Gasteiger charge is -2.30. The highest BCUT2D eigenvalue weighted by molar-refractivity contribution is 7.45. The van der Waals surface area contributed by atoms with Gasteiger partial charge in [0.15, 0.2) is 0 Å². The van der Waals surface area contributed by atoms with Crippen LogP contribution in [0.4, 0.5) is 0 Å². The molecular weight excluding hydrogens is 936 g/mol. The lowest BCUT2D eigenvalue weighted by Crippen LogP contribution is -2.46. The largest absolute Gasteiger partial charge is 0.756 e. The molecule has 3 unspecified atom stereocenters. The first-order chi connectivity index (χ1) is 36.0. The maximum atomic E-state index is 13.0. The van der Waals surface area contributed by atoms with E-state index < -0.39 is 20.0 Å². The van der Waals surface area contributed by atoms with E-state index in [1.807, 2.05) is 21.1 Å². The van der Waals surface area contributed by atoms with Gasteiger partial charge >= 0.3 is 0 Å². The summed E-state index contributed by atoms with van der Waals surface area (Å²) in [6.07, 6.45) is 72.3. The third kappa shape index (κ3) is 58.7. The molecule has 0 radical (unpaired) electrons. The van der Waals surface area contributed by atoms with E-state index in [0.29, 0.717) is 23.9 Å². The molecule has 8 nitrogen and oxygen atoms in total. The Morgan fingerprint density at radius 3 is 1.12 bits per heavy atom. The van der Waals surface area contributed by atoms with Crippen LogP contribution in [-0.2, 0) is 18.4 Å². The molecule has 0 bridgehead atoms. The molecule has 1 amide bonds. The van der Waals surface area contributed by atoms with E-state index in [1.54, 1.807) is 0 Å². The first-order valence-corrected chi connectivity index (χ1v) is 34.1. The molecule has 0 saturated heterocycles. The molecule has 9 heteroatoms. The zero-order chi connectivity index (χ0) is 54.2. The Kier molecular flexibility index (Phi) is 55.9. The molecular formula is C65H129N2O6P. The van der Waals surface area contributed by atoms with Gasteiger partial charge in [-0.25, -0.2) is 0 Å². The third-order valence-electron chi connectivity index (χ3n) is 15.2. The normalized spacial score (nSPS) is 13.9. The number of amides is 1. The van der Waals surface area contributed by atoms with Gasteiger partial charge in [-0.3, -0.25) is 9.36 Å². The fourth-order valence-corrected chi connectivity index (χ4v) is 10.8. The Balaban J connectivity index is 4.08. The number of carbonyl (C=O) groups excluding carboxylic acids is 1. The summed E-state index contributed by atoms with van der Waals surface area (Å²) >= 11 is 0. The zero-order valence-electron chi connectivity index (χ0n) is 50.3. The van der Waals surface area contributed by atoms with Crippen molar-refractivity contribution >= 4 is 13.7 Å². The van der Waals surface area contributed by atoms with Crippen molar-refractivity contribution in [2.75, 3.05) is 40.9 Å². The van der Waals surface area contributed by atoms with Crippen LogP contribution in [0.1, 0.15) is 335 Å². The number of nitrogens with zero attached hydrogens (tertiary/aromatic N) is 1. The Labute approximate surface area is 462 Å². The van der Waals surface area contributed by atoms with Gasteiger partial charge in [0.25, 0.3) is 7.82 Å². The number of allylic oxidation sites excluding steroid dienone is 4. The van der Waals surface area contributed by atoms with E-state index in [0.717, 1.165) is 44.9 Å². The van der Waals surface area contributed by atoms with Crippen molar-refractivity contribution in [3.05, 3.63) is 24.3 Å². The van der Waals surface area contributed by atoms with Crippen LogP contribution >= 0.6 is 7.82 Å². The van der Waals surface area contributed by atoms with E-state index in [4.69, 9.17) is 9.05 Å². The summed E-state index contributed by atoms with van der Waals surface area (Å²) in [5.41, 5.74) is 0. The summed E-state index contributed by atoms with van der Waals surface area (Å²) < 4.78 is 23.5. The number of rotatable bonds is 61. The van der Waals surface area contributed by atoms with Crippen LogP contribution in [-0.4, -0.2) is 68.5 Å². The minimum Gasteiger partial charge on any atom is -0.756 e. The number of carbonyl (C=O) groups is 1. The molecule has 0 aromatic carbocycles. The first-order valence-electron chi connectivity index (χ1n) is 32.7. The number of nitrogens with one attached hydrogen (secondary N) is 1. The summed E-state index contributed by atoms with van der Waals surface area (Å²) in [4.78, 5) is 25.6. The number of phosphoric ester groups is 1. The number of hydrogen-bond donors (Lipinski definition) is 2. The molecule has 0 spiro atoms. The van der Waals surface area contributed by atoms with Gasteiger partial charge < -0.3 is 28.8 Å². The summed E-state index contributed by atoms with van der Waals surface area (Å²) in [5, 5.41) is 14.1. The molecule has 0 fully saturated rings. The van der Waals surface area contributed by atoms with Crippen molar-refractivity contribution in [3.63, 3.8) is 0 Å². The molecule has 0 aliphatic rings. The molecule has 0 aliphatic heterocycles. The number of likely N-dealkylation sites (N-methyl/N-ethyl adjacent to an activating group) is 1. The average molecular weight is 1070 g/mol. The fraction of sp³-hybridized carbons (Fsp3) is 0.923. The van der Waals surface area contributed by atoms with Gasteiger partial charge in [0.05, 0.1) is 39.9 Å².